The van der Waals surface area contributed by atoms with E-state index in [2.05, 4.69) is 22.2 Å². The SMILES string of the molecule is CCc1ccc(N2CC(C(=O)NN=Cc3ccc(C(=O)OC)cc3)CC2=O)cc1. The van der Waals surface area contributed by atoms with Gasteiger partial charge in [-0.05, 0) is 41.8 Å². The molecule has 0 aromatic heterocycles. The fourth-order valence-electron chi connectivity index (χ4n) is 3.13. The Balaban J connectivity index is 1.56. The number of hydrazone groups is 1. The predicted octanol–water partition coefficient (Wildman–Crippen LogP) is 2.54. The molecule has 0 bridgehead atoms. The van der Waals surface area contributed by atoms with Gasteiger partial charge in [0.15, 0.2) is 0 Å². The summed E-state index contributed by atoms with van der Waals surface area (Å²) in [6.45, 7) is 2.41. The first-order chi connectivity index (χ1) is 14.0. The Kier molecular flexibility index (Phi) is 6.39. The van der Waals surface area contributed by atoms with Gasteiger partial charge < -0.3 is 9.64 Å². The molecule has 7 heteroatoms. The van der Waals surface area contributed by atoms with Crippen LogP contribution in [0.3, 0.4) is 0 Å². The number of aryl methyl sites for hydroxylation is 1. The number of nitrogens with zero attached hydrogens (tertiary/aromatic N) is 2. The highest BCUT2D eigenvalue weighted by atomic mass is 16.5. The molecule has 150 valence electrons. The molecule has 3 rings (SSSR count). The van der Waals surface area contributed by atoms with Crippen LogP contribution in [0.2, 0.25) is 0 Å². The van der Waals surface area contributed by atoms with Crippen LogP contribution in [0.25, 0.3) is 0 Å². The summed E-state index contributed by atoms with van der Waals surface area (Å²) in [6, 6.07) is 14.4. The lowest BCUT2D eigenvalue weighted by molar-refractivity contribution is -0.126. The summed E-state index contributed by atoms with van der Waals surface area (Å²) in [4.78, 5) is 37.8. The molecule has 0 aliphatic carbocycles. The third kappa shape index (κ3) is 4.87. The molecular weight excluding hydrogens is 370 g/mol. The van der Waals surface area contributed by atoms with Gasteiger partial charge in [0.2, 0.25) is 11.8 Å². The quantitative estimate of drug-likeness (QED) is 0.464. The van der Waals surface area contributed by atoms with Gasteiger partial charge >= 0.3 is 5.97 Å². The van der Waals surface area contributed by atoms with E-state index >= 15 is 0 Å². The Morgan fingerprint density at radius 1 is 1.17 bits per heavy atom. The van der Waals surface area contributed by atoms with Crippen LogP contribution in [0.15, 0.2) is 53.6 Å². The summed E-state index contributed by atoms with van der Waals surface area (Å²) >= 11 is 0. The molecule has 29 heavy (non-hydrogen) atoms. The molecule has 2 amide bonds. The maximum absolute atomic E-state index is 12.4. The molecule has 1 atom stereocenters. The van der Waals surface area contributed by atoms with Crippen LogP contribution in [-0.2, 0) is 20.7 Å². The number of nitrogens with one attached hydrogen (secondary N) is 1. The minimum atomic E-state index is -0.452. The Bertz CT molecular complexity index is 920. The molecular formula is C22H23N3O4. The Hall–Kier alpha value is -3.48. The average Bonchev–Trinajstić information content (AvgIpc) is 3.15. The lowest BCUT2D eigenvalue weighted by Gasteiger charge is -2.16. The van der Waals surface area contributed by atoms with Crippen molar-refractivity contribution in [3.63, 3.8) is 0 Å². The van der Waals surface area contributed by atoms with Gasteiger partial charge in [-0.25, -0.2) is 10.2 Å². The van der Waals surface area contributed by atoms with E-state index in [1.807, 2.05) is 24.3 Å². The molecule has 1 fully saturated rings. The lowest BCUT2D eigenvalue weighted by atomic mass is 10.1. The van der Waals surface area contributed by atoms with E-state index < -0.39 is 11.9 Å². The van der Waals surface area contributed by atoms with Crippen LogP contribution < -0.4 is 10.3 Å². The lowest BCUT2D eigenvalue weighted by Crippen LogP contribution is -2.30. The van der Waals surface area contributed by atoms with Gasteiger partial charge in [-0.2, -0.15) is 5.10 Å². The molecule has 0 radical (unpaired) electrons. The molecule has 1 N–H and O–H groups in total. The zero-order valence-electron chi connectivity index (χ0n) is 16.4. The Labute approximate surface area is 169 Å². The second kappa shape index (κ2) is 9.14. The number of carbonyl (C=O) groups is 3. The molecule has 1 aliphatic rings. The number of methoxy groups -OCH3 is 1. The number of anilines is 1. The van der Waals surface area contributed by atoms with Crippen molar-refractivity contribution < 1.29 is 19.1 Å². The molecule has 1 aliphatic heterocycles. The second-order valence-electron chi connectivity index (χ2n) is 6.77. The van der Waals surface area contributed by atoms with E-state index in [4.69, 9.17) is 0 Å². The van der Waals surface area contributed by atoms with E-state index in [0.717, 1.165) is 17.7 Å². The normalized spacial score (nSPS) is 16.3. The number of carbonyl (C=O) groups excluding carboxylic acids is 3. The highest BCUT2D eigenvalue weighted by molar-refractivity contribution is 6.00. The van der Waals surface area contributed by atoms with E-state index in [9.17, 15) is 14.4 Å². The maximum atomic E-state index is 12.4. The fraction of sp³-hybridized carbons (Fsp3) is 0.273. The highest BCUT2D eigenvalue weighted by Crippen LogP contribution is 2.25. The predicted molar refractivity (Wildman–Crippen MR) is 110 cm³/mol. The van der Waals surface area contributed by atoms with Crippen LogP contribution in [0.5, 0.6) is 0 Å². The molecule has 2 aromatic carbocycles. The van der Waals surface area contributed by atoms with Gasteiger partial charge in [0.1, 0.15) is 0 Å². The second-order valence-corrected chi connectivity index (χ2v) is 6.77. The van der Waals surface area contributed by atoms with Crippen LogP contribution >= 0.6 is 0 Å². The third-order valence-electron chi connectivity index (χ3n) is 4.87. The van der Waals surface area contributed by atoms with Crippen molar-refractivity contribution in [2.45, 2.75) is 19.8 Å². The van der Waals surface area contributed by atoms with Gasteiger partial charge in [0.25, 0.3) is 0 Å². The third-order valence-corrected chi connectivity index (χ3v) is 4.87. The molecule has 7 nitrogen and oxygen atoms in total. The zero-order chi connectivity index (χ0) is 20.8. The van der Waals surface area contributed by atoms with Gasteiger partial charge in [-0.1, -0.05) is 31.2 Å². The van der Waals surface area contributed by atoms with E-state index in [0.29, 0.717) is 12.1 Å². The summed E-state index contributed by atoms with van der Waals surface area (Å²) in [5, 5.41) is 3.96. The van der Waals surface area contributed by atoms with Crippen LogP contribution in [0, 0.1) is 5.92 Å². The van der Waals surface area contributed by atoms with E-state index in [1.165, 1.54) is 18.9 Å². The van der Waals surface area contributed by atoms with Crippen molar-refractivity contribution in [3.8, 4) is 0 Å². The first-order valence-electron chi connectivity index (χ1n) is 9.42. The van der Waals surface area contributed by atoms with Crippen molar-refractivity contribution in [3.05, 3.63) is 65.2 Å². The summed E-state index contributed by atoms with van der Waals surface area (Å²) in [6.07, 6.45) is 2.57. The molecule has 1 saturated heterocycles. The fourth-order valence-corrected chi connectivity index (χ4v) is 3.13. The molecule has 1 heterocycles. The number of hydrogen-bond acceptors (Lipinski definition) is 5. The molecule has 2 aromatic rings. The van der Waals surface area contributed by atoms with Crippen molar-refractivity contribution in [2.75, 3.05) is 18.6 Å². The van der Waals surface area contributed by atoms with Gasteiger partial charge in [0.05, 0.1) is 24.8 Å². The number of benzene rings is 2. The number of rotatable bonds is 6. The minimum absolute atomic E-state index is 0.0724. The summed E-state index contributed by atoms with van der Waals surface area (Å²) in [5.74, 6) is -1.24. The number of hydrogen-bond donors (Lipinski definition) is 1. The summed E-state index contributed by atoms with van der Waals surface area (Å²) in [5.41, 5.74) is 5.65. The van der Waals surface area contributed by atoms with Crippen molar-refractivity contribution >= 4 is 29.7 Å². The van der Waals surface area contributed by atoms with E-state index in [-0.39, 0.29) is 18.2 Å². The number of amides is 2. The maximum Gasteiger partial charge on any atom is 0.337 e. The highest BCUT2D eigenvalue weighted by Gasteiger charge is 2.35. The Morgan fingerprint density at radius 3 is 2.48 bits per heavy atom. The first-order valence-corrected chi connectivity index (χ1v) is 9.42. The largest absolute Gasteiger partial charge is 0.465 e. The van der Waals surface area contributed by atoms with Crippen molar-refractivity contribution in [1.82, 2.24) is 5.43 Å². The summed E-state index contributed by atoms with van der Waals surface area (Å²) in [7, 11) is 1.32. The average molecular weight is 393 g/mol. The zero-order valence-corrected chi connectivity index (χ0v) is 16.4. The topological polar surface area (TPSA) is 88.1 Å². The van der Waals surface area contributed by atoms with Gasteiger partial charge in [-0.3, -0.25) is 9.59 Å². The molecule has 0 saturated carbocycles. The minimum Gasteiger partial charge on any atom is -0.465 e. The van der Waals surface area contributed by atoms with Crippen LogP contribution in [0.4, 0.5) is 5.69 Å². The molecule has 0 spiro atoms. The van der Waals surface area contributed by atoms with Gasteiger partial charge in [0, 0.05) is 18.7 Å². The van der Waals surface area contributed by atoms with E-state index in [1.54, 1.807) is 29.2 Å². The van der Waals surface area contributed by atoms with Crippen LogP contribution in [0.1, 0.15) is 34.8 Å². The van der Waals surface area contributed by atoms with Crippen molar-refractivity contribution in [1.29, 1.82) is 0 Å². The molecule has 1 unspecified atom stereocenters. The standard InChI is InChI=1S/C22H23N3O4/c1-3-15-6-10-19(11-7-15)25-14-18(12-20(25)26)21(27)24-23-13-16-4-8-17(9-5-16)22(28)29-2/h4-11,13,18H,3,12,14H2,1-2H3,(H,24,27). The Morgan fingerprint density at radius 2 is 1.86 bits per heavy atom. The smallest absolute Gasteiger partial charge is 0.337 e. The number of esters is 1. The van der Waals surface area contributed by atoms with Gasteiger partial charge in [-0.15, -0.1) is 0 Å². The number of ether oxygens (including phenoxy) is 1. The van der Waals surface area contributed by atoms with Crippen molar-refractivity contribution in [2.24, 2.45) is 11.0 Å². The van der Waals surface area contributed by atoms with Crippen LogP contribution in [-0.4, -0.2) is 37.7 Å². The summed E-state index contributed by atoms with van der Waals surface area (Å²) < 4.78 is 4.65. The first kappa shape index (κ1) is 20.3. The monoisotopic (exact) mass is 393 g/mol.